The first-order valence-corrected chi connectivity index (χ1v) is 15.2. The number of aliphatic hydroxyl groups excluding tert-OH is 2. The molecule has 8 nitrogen and oxygen atoms in total. The van der Waals surface area contributed by atoms with Gasteiger partial charge in [-0.25, -0.2) is 8.42 Å². The summed E-state index contributed by atoms with van der Waals surface area (Å²) in [5.74, 6) is 0. The van der Waals surface area contributed by atoms with E-state index in [1.807, 2.05) is 60.7 Å². The molecule has 214 valence electrons. The fraction of sp³-hybridized carbons (Fsp3) is 0.312. The minimum absolute atomic E-state index is 0.0453. The zero-order valence-corrected chi connectivity index (χ0v) is 23.3. The predicted octanol–water partition coefficient (Wildman–Crippen LogP) is 3.32. The van der Waals surface area contributed by atoms with Gasteiger partial charge in [-0.2, -0.15) is 0 Å². The van der Waals surface area contributed by atoms with Gasteiger partial charge in [0.1, 0.15) is 24.4 Å². The van der Waals surface area contributed by atoms with Crippen molar-refractivity contribution >= 4 is 9.84 Å². The molecule has 6 atom stereocenters. The van der Waals surface area contributed by atoms with Gasteiger partial charge in [0, 0.05) is 24.8 Å². The maximum atomic E-state index is 14.7. The number of hydrogen-bond donors (Lipinski definition) is 2. The summed E-state index contributed by atoms with van der Waals surface area (Å²) >= 11 is 0. The first-order chi connectivity index (χ1) is 19.9. The summed E-state index contributed by atoms with van der Waals surface area (Å²) in [5.41, 5.74) is 3.12. The average Bonchev–Trinajstić information content (AvgIpc) is 3.06. The van der Waals surface area contributed by atoms with Gasteiger partial charge in [-0.05, 0) is 59.4 Å². The standard InChI is InChI=1S/C32H34N2O6S/c35-29-30(36)32(40-22-26-13-17-34-18-14-26)28(20-24-9-5-2-6-10-24)41(37,38)27(19-23-7-3-1-4-8-23)31(29)39-21-25-11-15-33-16-12-25/h1-18,27-32,35-36H,19-22H2/t27-,28-,29-,30-,31+,32+/m1/s1. The summed E-state index contributed by atoms with van der Waals surface area (Å²) in [6.07, 6.45) is 1.22. The van der Waals surface area contributed by atoms with E-state index in [1.165, 1.54) is 0 Å². The van der Waals surface area contributed by atoms with Crippen LogP contribution in [0.4, 0.5) is 0 Å². The van der Waals surface area contributed by atoms with Gasteiger partial charge in [-0.3, -0.25) is 9.97 Å². The molecule has 0 spiro atoms. The molecule has 2 aromatic carbocycles. The van der Waals surface area contributed by atoms with E-state index in [-0.39, 0.29) is 26.1 Å². The Kier molecular flexibility index (Phi) is 9.53. The predicted molar refractivity (Wildman–Crippen MR) is 154 cm³/mol. The molecule has 2 aromatic heterocycles. The molecule has 0 aliphatic carbocycles. The fourth-order valence-corrected chi connectivity index (χ4v) is 7.86. The number of pyridine rings is 2. The van der Waals surface area contributed by atoms with E-state index in [9.17, 15) is 18.6 Å². The number of nitrogens with zero attached hydrogens (tertiary/aromatic N) is 2. The fourth-order valence-electron chi connectivity index (χ4n) is 5.34. The summed E-state index contributed by atoms with van der Waals surface area (Å²) in [7, 11) is -4.06. The van der Waals surface area contributed by atoms with E-state index < -0.39 is 44.8 Å². The molecule has 0 saturated carbocycles. The third-order valence-corrected chi connectivity index (χ3v) is 10.1. The van der Waals surface area contributed by atoms with Gasteiger partial charge in [0.2, 0.25) is 0 Å². The second kappa shape index (κ2) is 13.5. The van der Waals surface area contributed by atoms with E-state index in [2.05, 4.69) is 9.97 Å². The molecule has 1 aliphatic rings. The quantitative estimate of drug-likeness (QED) is 0.296. The largest absolute Gasteiger partial charge is 0.388 e. The van der Waals surface area contributed by atoms with Crippen molar-refractivity contribution in [2.45, 2.75) is 61.0 Å². The Bertz CT molecular complexity index is 1350. The zero-order chi connectivity index (χ0) is 28.7. The molecule has 1 aliphatic heterocycles. The topological polar surface area (TPSA) is 119 Å². The van der Waals surface area contributed by atoms with Crippen LogP contribution in [0.5, 0.6) is 0 Å². The molecular weight excluding hydrogens is 540 g/mol. The highest BCUT2D eigenvalue weighted by Gasteiger charge is 2.54. The van der Waals surface area contributed by atoms with Crippen molar-refractivity contribution in [1.29, 1.82) is 0 Å². The molecule has 5 rings (SSSR count). The Labute approximate surface area is 240 Å². The maximum Gasteiger partial charge on any atom is 0.161 e. The third kappa shape index (κ3) is 7.06. The van der Waals surface area contributed by atoms with E-state index in [0.717, 1.165) is 22.3 Å². The van der Waals surface area contributed by atoms with Crippen molar-refractivity contribution in [3.05, 3.63) is 132 Å². The smallest absolute Gasteiger partial charge is 0.161 e. The second-order valence-corrected chi connectivity index (χ2v) is 12.7. The number of rotatable bonds is 10. The molecule has 0 bridgehead atoms. The minimum atomic E-state index is -4.06. The molecule has 2 N–H and O–H groups in total. The summed E-state index contributed by atoms with van der Waals surface area (Å²) in [4.78, 5) is 8.04. The monoisotopic (exact) mass is 574 g/mol. The lowest BCUT2D eigenvalue weighted by Crippen LogP contribution is -2.49. The number of aromatic nitrogens is 2. The SMILES string of the molecule is O=S1(=O)[C@H](Cc2ccccc2)[C@H](OCc2ccncc2)[C@H](O)[C@@H](O)[C@@H](OCc2ccncc2)[C@H]1Cc1ccccc1. The highest BCUT2D eigenvalue weighted by Crippen LogP contribution is 2.34. The van der Waals surface area contributed by atoms with Crippen molar-refractivity contribution in [2.24, 2.45) is 0 Å². The van der Waals surface area contributed by atoms with E-state index in [1.54, 1.807) is 49.1 Å². The Hall–Kier alpha value is -3.47. The molecule has 0 amide bonds. The van der Waals surface area contributed by atoms with E-state index >= 15 is 0 Å². The second-order valence-electron chi connectivity index (χ2n) is 10.3. The van der Waals surface area contributed by atoms with E-state index in [4.69, 9.17) is 9.47 Å². The van der Waals surface area contributed by atoms with Gasteiger partial charge < -0.3 is 19.7 Å². The van der Waals surface area contributed by atoms with Crippen molar-refractivity contribution in [2.75, 3.05) is 0 Å². The van der Waals surface area contributed by atoms with Crippen LogP contribution < -0.4 is 0 Å². The summed E-state index contributed by atoms with van der Waals surface area (Å²) in [6.45, 7) is 0.0906. The van der Waals surface area contributed by atoms with Crippen LogP contribution in [0.2, 0.25) is 0 Å². The van der Waals surface area contributed by atoms with Crippen molar-refractivity contribution < 1.29 is 28.1 Å². The minimum Gasteiger partial charge on any atom is -0.388 e. The molecule has 0 unspecified atom stereocenters. The van der Waals surface area contributed by atoms with E-state index in [0.29, 0.717) is 0 Å². The molecule has 3 heterocycles. The van der Waals surface area contributed by atoms with Gasteiger partial charge in [0.05, 0.1) is 23.7 Å². The Morgan fingerprint density at radius 2 is 0.927 bits per heavy atom. The van der Waals surface area contributed by atoms with Crippen LogP contribution in [-0.4, -0.2) is 63.5 Å². The normalized spacial score (nSPS) is 25.8. The lowest BCUT2D eigenvalue weighted by Gasteiger charge is -2.30. The summed E-state index contributed by atoms with van der Waals surface area (Å²) < 4.78 is 41.7. The van der Waals surface area contributed by atoms with Gasteiger partial charge in [0.25, 0.3) is 0 Å². The molecular formula is C32H34N2O6S. The van der Waals surface area contributed by atoms with Crippen LogP contribution >= 0.6 is 0 Å². The van der Waals surface area contributed by atoms with Crippen molar-refractivity contribution in [3.8, 4) is 0 Å². The number of sulfone groups is 1. The number of aliphatic hydroxyl groups is 2. The molecule has 41 heavy (non-hydrogen) atoms. The van der Waals surface area contributed by atoms with Gasteiger partial charge in [-0.15, -0.1) is 0 Å². The number of benzene rings is 2. The van der Waals surface area contributed by atoms with Crippen molar-refractivity contribution in [3.63, 3.8) is 0 Å². The van der Waals surface area contributed by atoms with Crippen LogP contribution in [0.25, 0.3) is 0 Å². The lowest BCUT2D eigenvalue weighted by atomic mass is 9.94. The average molecular weight is 575 g/mol. The highest BCUT2D eigenvalue weighted by atomic mass is 32.2. The summed E-state index contributed by atoms with van der Waals surface area (Å²) in [5, 5.41) is 20.9. The molecule has 1 fully saturated rings. The van der Waals surface area contributed by atoms with Gasteiger partial charge in [-0.1, -0.05) is 60.7 Å². The zero-order valence-electron chi connectivity index (χ0n) is 22.5. The van der Waals surface area contributed by atoms with Crippen molar-refractivity contribution in [1.82, 2.24) is 9.97 Å². The van der Waals surface area contributed by atoms with Gasteiger partial charge in [0.15, 0.2) is 9.84 Å². The first-order valence-electron chi connectivity index (χ1n) is 13.6. The van der Waals surface area contributed by atoms with Crippen LogP contribution in [0.15, 0.2) is 110 Å². The van der Waals surface area contributed by atoms with Crippen LogP contribution in [-0.2, 0) is 45.4 Å². The lowest BCUT2D eigenvalue weighted by molar-refractivity contribution is -0.139. The number of hydrogen-bond acceptors (Lipinski definition) is 8. The maximum absolute atomic E-state index is 14.7. The molecule has 4 aromatic rings. The Morgan fingerprint density at radius 1 is 0.561 bits per heavy atom. The van der Waals surface area contributed by atoms with Crippen LogP contribution in [0.1, 0.15) is 22.3 Å². The van der Waals surface area contributed by atoms with Gasteiger partial charge >= 0.3 is 0 Å². The Balaban J connectivity index is 1.55. The summed E-state index contributed by atoms with van der Waals surface area (Å²) in [6, 6.07) is 25.6. The van der Waals surface area contributed by atoms with Crippen LogP contribution in [0.3, 0.4) is 0 Å². The highest BCUT2D eigenvalue weighted by molar-refractivity contribution is 7.92. The molecule has 0 radical (unpaired) electrons. The Morgan fingerprint density at radius 3 is 1.29 bits per heavy atom. The number of ether oxygens (including phenoxy) is 2. The third-order valence-electron chi connectivity index (χ3n) is 7.54. The molecule has 9 heteroatoms. The van der Waals surface area contributed by atoms with Crippen LogP contribution in [0, 0.1) is 0 Å². The first kappa shape index (κ1) is 29.0. The molecule has 1 saturated heterocycles.